The topological polar surface area (TPSA) is 61.6 Å². The van der Waals surface area contributed by atoms with Gasteiger partial charge in [0.15, 0.2) is 0 Å². The number of fused-ring (bicyclic) bond motifs is 1. The molecule has 2 atom stereocenters. The fourth-order valence-corrected chi connectivity index (χ4v) is 5.04. The second kappa shape index (κ2) is 10.2. The van der Waals surface area contributed by atoms with Gasteiger partial charge in [-0.2, -0.15) is 5.26 Å². The maximum Gasteiger partial charge on any atom is 0.135 e. The largest absolute Gasteiger partial charge is 0.370 e. The number of aryl methyl sites for hydroxylation is 1. The van der Waals surface area contributed by atoms with Crippen molar-refractivity contribution in [3.8, 4) is 6.07 Å². The van der Waals surface area contributed by atoms with Crippen molar-refractivity contribution in [1.29, 1.82) is 5.26 Å². The van der Waals surface area contributed by atoms with Gasteiger partial charge < -0.3 is 5.32 Å². The molecule has 2 aromatic carbocycles. The van der Waals surface area contributed by atoms with E-state index in [0.29, 0.717) is 11.5 Å². The molecule has 1 aliphatic rings. The molecule has 0 saturated heterocycles. The molecule has 0 amide bonds. The van der Waals surface area contributed by atoms with Crippen LogP contribution in [0.4, 0.5) is 5.82 Å². The van der Waals surface area contributed by atoms with Crippen LogP contribution < -0.4 is 5.32 Å². The van der Waals surface area contributed by atoms with E-state index in [9.17, 15) is 5.26 Å². The molecule has 0 radical (unpaired) electrons. The molecule has 0 bridgehead atoms. The molecule has 0 aliphatic heterocycles. The van der Waals surface area contributed by atoms with E-state index in [2.05, 4.69) is 97.8 Å². The molecule has 1 N–H and O–H groups in total. The number of aromatic nitrogens is 2. The number of allylic oxidation sites excluding steroid dienone is 4. The molecule has 4 nitrogen and oxygen atoms in total. The van der Waals surface area contributed by atoms with E-state index in [-0.39, 0.29) is 5.92 Å². The monoisotopic (exact) mass is 470 g/mol. The summed E-state index contributed by atoms with van der Waals surface area (Å²) in [6, 6.07) is 21.6. The average Bonchev–Trinajstić information content (AvgIpc) is 2.90. The van der Waals surface area contributed by atoms with Crippen LogP contribution in [-0.2, 0) is 0 Å². The minimum absolute atomic E-state index is 0.000998. The summed E-state index contributed by atoms with van der Waals surface area (Å²) in [7, 11) is 0. The number of nitriles is 1. The molecule has 5 rings (SSSR count). The highest BCUT2D eigenvalue weighted by Gasteiger charge is 2.22. The molecule has 1 aliphatic carbocycles. The molecule has 36 heavy (non-hydrogen) atoms. The Labute approximate surface area is 213 Å². The number of benzene rings is 2. The highest BCUT2D eigenvalue weighted by molar-refractivity contribution is 5.96. The Balaban J connectivity index is 1.74. The van der Waals surface area contributed by atoms with Crippen LogP contribution in [0.3, 0.4) is 0 Å². The van der Waals surface area contributed by atoms with E-state index in [1.54, 1.807) is 6.20 Å². The zero-order valence-corrected chi connectivity index (χ0v) is 21.0. The van der Waals surface area contributed by atoms with Gasteiger partial charge in [0.2, 0.25) is 0 Å². The lowest BCUT2D eigenvalue weighted by Crippen LogP contribution is -2.08. The molecule has 2 unspecified atom stereocenters. The van der Waals surface area contributed by atoms with Gasteiger partial charge in [0.25, 0.3) is 0 Å². The molecule has 2 heterocycles. The normalized spacial score (nSPS) is 15.8. The van der Waals surface area contributed by atoms with Gasteiger partial charge >= 0.3 is 0 Å². The van der Waals surface area contributed by atoms with E-state index in [4.69, 9.17) is 4.98 Å². The first-order valence-electron chi connectivity index (χ1n) is 12.6. The van der Waals surface area contributed by atoms with Crippen LogP contribution in [0.5, 0.6) is 0 Å². The van der Waals surface area contributed by atoms with E-state index in [1.807, 2.05) is 18.3 Å². The first-order valence-corrected chi connectivity index (χ1v) is 12.6. The minimum Gasteiger partial charge on any atom is -0.370 e. The Hall–Kier alpha value is -4.23. The van der Waals surface area contributed by atoms with Crippen LogP contribution in [0, 0.1) is 24.2 Å². The zero-order chi connectivity index (χ0) is 25.1. The average molecular weight is 471 g/mol. The maximum atomic E-state index is 10.4. The predicted molar refractivity (Wildman–Crippen MR) is 148 cm³/mol. The van der Waals surface area contributed by atoms with E-state index >= 15 is 0 Å². The van der Waals surface area contributed by atoms with Crippen molar-refractivity contribution in [2.45, 2.75) is 33.1 Å². The molecule has 178 valence electrons. The van der Waals surface area contributed by atoms with Crippen molar-refractivity contribution in [2.24, 2.45) is 5.92 Å². The highest BCUT2D eigenvalue weighted by atomic mass is 15.0. The van der Waals surface area contributed by atoms with Crippen molar-refractivity contribution in [3.63, 3.8) is 0 Å². The summed E-state index contributed by atoms with van der Waals surface area (Å²) in [6.07, 6.45) is 11.3. The Morgan fingerprint density at radius 1 is 1.08 bits per heavy atom. The van der Waals surface area contributed by atoms with Crippen LogP contribution in [0.25, 0.3) is 16.5 Å². The number of rotatable bonds is 6. The zero-order valence-electron chi connectivity index (χ0n) is 21.0. The van der Waals surface area contributed by atoms with Gasteiger partial charge in [0.05, 0.1) is 11.1 Å². The summed E-state index contributed by atoms with van der Waals surface area (Å²) in [4.78, 5) is 9.38. The number of nitrogens with one attached hydrogen (secondary N) is 1. The van der Waals surface area contributed by atoms with Gasteiger partial charge in [0, 0.05) is 35.8 Å². The molecule has 2 aromatic heterocycles. The third-order valence-electron chi connectivity index (χ3n) is 6.79. The second-order valence-electron chi connectivity index (χ2n) is 9.49. The summed E-state index contributed by atoms with van der Waals surface area (Å²) in [5.74, 6) is 1.26. The third kappa shape index (κ3) is 4.53. The van der Waals surface area contributed by atoms with Crippen molar-refractivity contribution < 1.29 is 0 Å². The van der Waals surface area contributed by atoms with Crippen molar-refractivity contribution in [3.05, 3.63) is 119 Å². The number of anilines is 1. The van der Waals surface area contributed by atoms with Gasteiger partial charge in [0.1, 0.15) is 11.9 Å². The lowest BCUT2D eigenvalue weighted by molar-refractivity contribution is 0.739. The summed E-state index contributed by atoms with van der Waals surface area (Å²) >= 11 is 0. The van der Waals surface area contributed by atoms with E-state index < -0.39 is 0 Å². The van der Waals surface area contributed by atoms with Gasteiger partial charge in [-0.25, -0.2) is 4.98 Å². The molecular weight excluding hydrogens is 440 g/mol. The van der Waals surface area contributed by atoms with Gasteiger partial charge in [-0.15, -0.1) is 0 Å². The summed E-state index contributed by atoms with van der Waals surface area (Å²) in [5, 5.41) is 14.7. The van der Waals surface area contributed by atoms with Crippen LogP contribution in [0.15, 0.2) is 85.2 Å². The van der Waals surface area contributed by atoms with Crippen LogP contribution in [0.1, 0.15) is 59.6 Å². The first kappa shape index (κ1) is 23.5. The summed E-state index contributed by atoms with van der Waals surface area (Å²) in [6.45, 7) is 7.11. The van der Waals surface area contributed by atoms with Gasteiger partial charge in [-0.1, -0.05) is 67.1 Å². The Kier molecular flexibility index (Phi) is 6.64. The maximum absolute atomic E-state index is 10.4. The fourth-order valence-electron chi connectivity index (χ4n) is 5.04. The molecule has 0 saturated carbocycles. The lowest BCUT2D eigenvalue weighted by atomic mass is 9.84. The second-order valence-corrected chi connectivity index (χ2v) is 9.49. The molecule has 0 fully saturated rings. The smallest absolute Gasteiger partial charge is 0.135 e. The van der Waals surface area contributed by atoms with Crippen LogP contribution >= 0.6 is 0 Å². The number of hydrogen-bond acceptors (Lipinski definition) is 4. The van der Waals surface area contributed by atoms with Crippen molar-refractivity contribution in [2.75, 3.05) is 11.9 Å². The fraction of sp³-hybridized carbons (Fsp3) is 0.219. The standard InChI is InChI=1S/C32H30N4/c1-4-35-32-31(23-12-10-21(2)11-13-23)28(19-33)27-18-25(14-15-29(27)36-32)30(26-9-6-16-34-20-26)24-8-5-7-22(3)17-24/h5-10,12-18,20-21,30H,4,11H2,1-3H3,(H,35,36). The minimum atomic E-state index is 0.000998. The van der Waals surface area contributed by atoms with E-state index in [0.717, 1.165) is 51.9 Å². The third-order valence-corrected chi connectivity index (χ3v) is 6.79. The molecular formula is C32H30N4. The van der Waals surface area contributed by atoms with Gasteiger partial charge in [-0.05, 0) is 66.6 Å². The number of nitrogens with zero attached hydrogens (tertiary/aromatic N) is 3. The number of hydrogen-bond donors (Lipinski definition) is 1. The Morgan fingerprint density at radius 2 is 1.92 bits per heavy atom. The predicted octanol–water partition coefficient (Wildman–Crippen LogP) is 7.40. The van der Waals surface area contributed by atoms with Crippen LogP contribution in [0.2, 0.25) is 0 Å². The van der Waals surface area contributed by atoms with Crippen LogP contribution in [-0.4, -0.2) is 16.5 Å². The lowest BCUT2D eigenvalue weighted by Gasteiger charge is -2.21. The Morgan fingerprint density at radius 3 is 2.61 bits per heavy atom. The summed E-state index contributed by atoms with van der Waals surface area (Å²) in [5.41, 5.74) is 8.07. The molecule has 4 aromatic rings. The first-order chi connectivity index (χ1) is 17.6. The summed E-state index contributed by atoms with van der Waals surface area (Å²) < 4.78 is 0. The van der Waals surface area contributed by atoms with Crippen molar-refractivity contribution >= 4 is 22.3 Å². The molecule has 0 spiro atoms. The van der Waals surface area contributed by atoms with Gasteiger partial charge in [-0.3, -0.25) is 4.98 Å². The molecule has 4 heteroatoms. The van der Waals surface area contributed by atoms with E-state index in [1.165, 1.54) is 11.1 Å². The quantitative estimate of drug-likeness (QED) is 0.319. The Bertz CT molecular complexity index is 1510. The SMILES string of the molecule is CCNc1nc2ccc(C(c3cccnc3)c3cccc(C)c3)cc2c(C#N)c1C1=CCC(C)C=C1. The highest BCUT2D eigenvalue weighted by Crippen LogP contribution is 2.38. The van der Waals surface area contributed by atoms with Crippen molar-refractivity contribution in [1.82, 2.24) is 9.97 Å². The number of pyridine rings is 2.